The minimum Gasteiger partial charge on any atom is -0.457 e. The van der Waals surface area contributed by atoms with Gasteiger partial charge in [0.25, 0.3) is 0 Å². The van der Waals surface area contributed by atoms with Crippen molar-refractivity contribution in [3.8, 4) is 5.40 Å². The Morgan fingerprint density at radius 1 is 1.19 bits per heavy atom. The summed E-state index contributed by atoms with van der Waals surface area (Å²) in [4.78, 5) is 0.606. The van der Waals surface area contributed by atoms with Crippen molar-refractivity contribution in [1.29, 1.82) is 5.26 Å². The van der Waals surface area contributed by atoms with Gasteiger partial charge < -0.3 is 4.74 Å². The number of ether oxygens (including phenoxy) is 1. The second-order valence-electron chi connectivity index (χ2n) is 2.49. The van der Waals surface area contributed by atoms with E-state index in [0.29, 0.717) is 16.4 Å². The van der Waals surface area contributed by atoms with Crippen LogP contribution in [0.15, 0.2) is 73.1 Å². The van der Waals surface area contributed by atoms with E-state index >= 15 is 0 Å². The number of allylic oxidation sites excluding steroid dienone is 5. The molecular weight excluding hydrogens is 218 g/mol. The summed E-state index contributed by atoms with van der Waals surface area (Å²) in [5, 5.41) is 10.5. The highest BCUT2D eigenvalue weighted by Crippen LogP contribution is 2.24. The van der Waals surface area contributed by atoms with E-state index in [4.69, 9.17) is 10.00 Å². The van der Waals surface area contributed by atoms with E-state index in [1.54, 1.807) is 24.3 Å². The summed E-state index contributed by atoms with van der Waals surface area (Å²) in [5.74, 6) is 0.896. The van der Waals surface area contributed by atoms with Crippen molar-refractivity contribution in [3.05, 3.63) is 73.1 Å². The molecule has 0 spiro atoms. The molecule has 0 heterocycles. The second kappa shape index (κ2) is 8.39. The van der Waals surface area contributed by atoms with Gasteiger partial charge in [-0.3, -0.25) is 0 Å². The second-order valence-corrected chi connectivity index (χ2v) is 3.32. The van der Waals surface area contributed by atoms with Crippen LogP contribution in [0.3, 0.4) is 0 Å². The molecule has 0 saturated carbocycles. The molecule has 0 unspecified atom stereocenters. The van der Waals surface area contributed by atoms with Crippen LogP contribution in [0, 0.1) is 10.7 Å². The lowest BCUT2D eigenvalue weighted by molar-refractivity contribution is 0.337. The largest absolute Gasteiger partial charge is 0.457 e. The molecule has 0 fully saturated rings. The summed E-state index contributed by atoms with van der Waals surface area (Å²) >= 11 is 0.963. The maximum Gasteiger partial charge on any atom is 0.138 e. The molecule has 0 aliphatic rings. The smallest absolute Gasteiger partial charge is 0.138 e. The summed E-state index contributed by atoms with van der Waals surface area (Å²) in [6.07, 6.45) is 8.00. The average molecular weight is 231 g/mol. The van der Waals surface area contributed by atoms with Crippen molar-refractivity contribution in [2.24, 2.45) is 0 Å². The number of nitriles is 1. The molecule has 0 amide bonds. The fraction of sp³-hybridized carbons (Fsp3) is 0. The molecule has 3 heteroatoms. The molecule has 0 radical (unpaired) electrons. The summed E-state index contributed by atoms with van der Waals surface area (Å²) in [7, 11) is 0. The first-order valence-electron chi connectivity index (χ1n) is 4.40. The predicted octanol–water partition coefficient (Wildman–Crippen LogP) is 4.06. The fourth-order valence-electron chi connectivity index (χ4n) is 0.793. The maximum absolute atomic E-state index is 8.60. The van der Waals surface area contributed by atoms with Gasteiger partial charge in [0.2, 0.25) is 0 Å². The number of hydrogen-bond acceptors (Lipinski definition) is 3. The minimum absolute atomic E-state index is 0.374. The van der Waals surface area contributed by atoms with Crippen LogP contribution in [-0.2, 0) is 4.74 Å². The lowest BCUT2D eigenvalue weighted by Crippen LogP contribution is -1.91. The Hall–Kier alpha value is -1.92. The molecule has 0 aromatic rings. The van der Waals surface area contributed by atoms with E-state index in [1.807, 2.05) is 5.40 Å². The molecule has 2 nitrogen and oxygen atoms in total. The van der Waals surface area contributed by atoms with Gasteiger partial charge in [-0.1, -0.05) is 38.5 Å². The predicted molar refractivity (Wildman–Crippen MR) is 70.2 cm³/mol. The van der Waals surface area contributed by atoms with Crippen LogP contribution in [0.1, 0.15) is 0 Å². The SMILES string of the molecule is C=C/C=C(\C=C)OC(=C)/C(=C\C=C)SC#N. The molecule has 0 aromatic heterocycles. The molecule has 0 N–H and O–H groups in total. The summed E-state index contributed by atoms with van der Waals surface area (Å²) in [5.41, 5.74) is 0. The Morgan fingerprint density at radius 3 is 2.25 bits per heavy atom. The first kappa shape index (κ1) is 14.1. The molecule has 0 rings (SSSR count). The number of nitrogens with zero attached hydrogens (tertiary/aromatic N) is 1. The Bertz CT molecular complexity index is 397. The van der Waals surface area contributed by atoms with Crippen molar-refractivity contribution in [1.82, 2.24) is 0 Å². The topological polar surface area (TPSA) is 33.0 Å². The number of thioether (sulfide) groups is 1. The van der Waals surface area contributed by atoms with E-state index in [1.165, 1.54) is 6.08 Å². The van der Waals surface area contributed by atoms with Gasteiger partial charge in [0.15, 0.2) is 0 Å². The van der Waals surface area contributed by atoms with E-state index in [-0.39, 0.29) is 0 Å². The van der Waals surface area contributed by atoms with Gasteiger partial charge in [0.1, 0.15) is 16.9 Å². The summed E-state index contributed by atoms with van der Waals surface area (Å²) in [6, 6.07) is 0. The monoisotopic (exact) mass is 231 g/mol. The molecule has 0 aliphatic heterocycles. The molecular formula is C13H13NOS. The molecule has 16 heavy (non-hydrogen) atoms. The van der Waals surface area contributed by atoms with Gasteiger partial charge in [0.05, 0.1) is 4.91 Å². The first-order valence-corrected chi connectivity index (χ1v) is 5.22. The van der Waals surface area contributed by atoms with Gasteiger partial charge in [0, 0.05) is 0 Å². The van der Waals surface area contributed by atoms with Crippen LogP contribution in [0.2, 0.25) is 0 Å². The zero-order valence-corrected chi connectivity index (χ0v) is 9.80. The fourth-order valence-corrected chi connectivity index (χ4v) is 1.21. The minimum atomic E-state index is 0.374. The standard InChI is InChI=1S/C13H13NOS/c1-5-8-12(7-3)15-11(4)13(9-6-2)16-10-14/h5-9H,1-4H2/b12-8+,13-9+. The summed E-state index contributed by atoms with van der Waals surface area (Å²) in [6.45, 7) is 14.4. The highest BCUT2D eigenvalue weighted by molar-refractivity contribution is 8.07. The van der Waals surface area contributed by atoms with E-state index in [0.717, 1.165) is 11.8 Å². The molecule has 0 bridgehead atoms. The quantitative estimate of drug-likeness (QED) is 0.376. The maximum atomic E-state index is 8.60. The van der Waals surface area contributed by atoms with Crippen LogP contribution in [0.25, 0.3) is 0 Å². The van der Waals surface area contributed by atoms with E-state index in [9.17, 15) is 0 Å². The Kier molecular flexibility index (Phi) is 7.39. The molecule has 82 valence electrons. The Balaban J connectivity index is 4.78. The van der Waals surface area contributed by atoms with Gasteiger partial charge in [-0.05, 0) is 30.0 Å². The Labute approximate surface area is 101 Å². The third-order valence-corrected chi connectivity index (χ3v) is 2.10. The van der Waals surface area contributed by atoms with Crippen LogP contribution in [-0.4, -0.2) is 0 Å². The normalized spacial score (nSPS) is 11.2. The van der Waals surface area contributed by atoms with Crippen LogP contribution in [0.4, 0.5) is 0 Å². The third kappa shape index (κ3) is 5.08. The summed E-state index contributed by atoms with van der Waals surface area (Å²) < 4.78 is 5.40. The van der Waals surface area contributed by atoms with Crippen molar-refractivity contribution in [2.75, 3.05) is 0 Å². The zero-order chi connectivity index (χ0) is 12.4. The number of thiocyanates is 1. The highest BCUT2D eigenvalue weighted by atomic mass is 32.2. The van der Waals surface area contributed by atoms with Gasteiger partial charge in [-0.25, -0.2) is 0 Å². The van der Waals surface area contributed by atoms with Gasteiger partial charge in [-0.15, -0.1) is 0 Å². The van der Waals surface area contributed by atoms with E-state index < -0.39 is 0 Å². The first-order chi connectivity index (χ1) is 7.69. The van der Waals surface area contributed by atoms with Gasteiger partial charge in [-0.2, -0.15) is 5.26 Å². The van der Waals surface area contributed by atoms with E-state index in [2.05, 4.69) is 26.3 Å². The van der Waals surface area contributed by atoms with Crippen molar-refractivity contribution < 1.29 is 4.74 Å². The number of rotatable bonds is 7. The van der Waals surface area contributed by atoms with Crippen LogP contribution < -0.4 is 0 Å². The highest BCUT2D eigenvalue weighted by Gasteiger charge is 2.05. The van der Waals surface area contributed by atoms with Crippen molar-refractivity contribution in [2.45, 2.75) is 0 Å². The number of hydrogen-bond donors (Lipinski definition) is 0. The lowest BCUT2D eigenvalue weighted by Gasteiger charge is -2.09. The van der Waals surface area contributed by atoms with Crippen molar-refractivity contribution >= 4 is 11.8 Å². The molecule has 0 saturated heterocycles. The van der Waals surface area contributed by atoms with Crippen molar-refractivity contribution in [3.63, 3.8) is 0 Å². The van der Waals surface area contributed by atoms with Crippen LogP contribution >= 0.6 is 11.8 Å². The molecule has 0 aliphatic carbocycles. The third-order valence-electron chi connectivity index (χ3n) is 1.42. The lowest BCUT2D eigenvalue weighted by atomic mass is 10.4. The Morgan fingerprint density at radius 2 is 1.81 bits per heavy atom. The zero-order valence-electron chi connectivity index (χ0n) is 8.98. The average Bonchev–Trinajstić information content (AvgIpc) is 2.28. The van der Waals surface area contributed by atoms with Crippen LogP contribution in [0.5, 0.6) is 0 Å². The molecule has 0 atom stereocenters. The molecule has 0 aromatic carbocycles. The van der Waals surface area contributed by atoms with Gasteiger partial charge >= 0.3 is 0 Å².